The number of hydrogen-bond acceptors (Lipinski definition) is 9. The Morgan fingerprint density at radius 2 is 1.97 bits per heavy atom. The molecule has 0 bridgehead atoms. The summed E-state index contributed by atoms with van der Waals surface area (Å²) in [7, 11) is 3.08. The normalized spacial score (nSPS) is 12.8. The molecule has 0 radical (unpaired) electrons. The summed E-state index contributed by atoms with van der Waals surface area (Å²) in [5, 5.41) is 6.28. The molecule has 0 unspecified atom stereocenters. The van der Waals surface area contributed by atoms with Crippen molar-refractivity contribution < 1.29 is 19.0 Å². The van der Waals surface area contributed by atoms with Crippen LogP contribution in [0, 0.1) is 5.92 Å². The molecular weight excluding hydrogens is 468 g/mol. The molecule has 4 rings (SSSR count). The lowest BCUT2D eigenvalue weighted by Crippen LogP contribution is -2.30. The average molecular weight is 499 g/mol. The van der Waals surface area contributed by atoms with Crippen molar-refractivity contribution in [2.24, 2.45) is 5.92 Å². The van der Waals surface area contributed by atoms with E-state index in [0.29, 0.717) is 47.3 Å². The fraction of sp³-hybridized carbons (Fsp3) is 0.417. The fourth-order valence-electron chi connectivity index (χ4n) is 3.55. The number of urea groups is 1. The number of para-hydroxylation sites is 2. The number of thiazole rings is 1. The summed E-state index contributed by atoms with van der Waals surface area (Å²) in [5.41, 5.74) is 1.60. The first-order chi connectivity index (χ1) is 16.9. The third kappa shape index (κ3) is 6.30. The molecular formula is C24H30N6O4S. The highest BCUT2D eigenvalue weighted by Crippen LogP contribution is 2.32. The molecule has 0 saturated heterocycles. The maximum absolute atomic E-state index is 12.7. The highest BCUT2D eigenvalue weighted by molar-refractivity contribution is 7.15. The Morgan fingerprint density at radius 3 is 2.74 bits per heavy atom. The number of carbonyl (C=O) groups is 1. The molecule has 1 aliphatic heterocycles. The van der Waals surface area contributed by atoms with E-state index in [4.69, 9.17) is 14.2 Å². The number of hydrogen-bond donors (Lipinski definition) is 2. The van der Waals surface area contributed by atoms with Crippen molar-refractivity contribution in [2.75, 3.05) is 42.9 Å². The van der Waals surface area contributed by atoms with Crippen LogP contribution in [0.4, 0.5) is 21.4 Å². The van der Waals surface area contributed by atoms with Gasteiger partial charge < -0.3 is 24.4 Å². The van der Waals surface area contributed by atoms with Gasteiger partial charge in [-0.3, -0.25) is 5.32 Å². The van der Waals surface area contributed by atoms with Crippen LogP contribution >= 0.6 is 11.3 Å². The fourth-order valence-corrected chi connectivity index (χ4v) is 4.56. The van der Waals surface area contributed by atoms with Gasteiger partial charge in [-0.05, 0) is 24.5 Å². The first-order valence-electron chi connectivity index (χ1n) is 11.5. The zero-order valence-corrected chi connectivity index (χ0v) is 21.1. The smallest absolute Gasteiger partial charge is 0.325 e. The molecule has 2 aromatic heterocycles. The highest BCUT2D eigenvalue weighted by Gasteiger charge is 2.23. The molecule has 0 spiro atoms. The largest absolute Gasteiger partial charge is 0.491 e. The SMILES string of the molecule is COc1cc(N2CCc3nc(NC(=O)Nc4ccccc4OCCC(C)C)sc3C2)nc(OC)n1. The number of benzene rings is 1. The summed E-state index contributed by atoms with van der Waals surface area (Å²) in [4.78, 5) is 29.1. The van der Waals surface area contributed by atoms with E-state index in [9.17, 15) is 4.79 Å². The van der Waals surface area contributed by atoms with Crippen LogP contribution in [0.2, 0.25) is 0 Å². The van der Waals surface area contributed by atoms with Gasteiger partial charge >= 0.3 is 12.0 Å². The molecule has 0 saturated carbocycles. The topological polar surface area (TPSA) is 111 Å². The van der Waals surface area contributed by atoms with E-state index in [-0.39, 0.29) is 12.0 Å². The summed E-state index contributed by atoms with van der Waals surface area (Å²) in [6.45, 7) is 6.24. The minimum Gasteiger partial charge on any atom is -0.491 e. The van der Waals surface area contributed by atoms with Crippen LogP contribution < -0.4 is 29.7 Å². The standard InChI is InChI=1S/C24H30N6O4S/c1-15(2)10-12-34-18-8-6-5-7-16(18)25-22(31)29-24-26-17-9-11-30(14-19(17)35-24)20-13-21(32-3)28-23(27-20)33-4/h5-8,13,15H,9-12,14H2,1-4H3,(H2,25,26,29,31). The number of nitrogens with one attached hydrogen (secondary N) is 2. The molecule has 186 valence electrons. The highest BCUT2D eigenvalue weighted by atomic mass is 32.1. The Morgan fingerprint density at radius 1 is 1.14 bits per heavy atom. The van der Waals surface area contributed by atoms with Gasteiger partial charge in [0.05, 0.1) is 38.8 Å². The molecule has 0 fully saturated rings. The zero-order valence-electron chi connectivity index (χ0n) is 20.3. The summed E-state index contributed by atoms with van der Waals surface area (Å²) >= 11 is 1.45. The van der Waals surface area contributed by atoms with Gasteiger partial charge in [-0.1, -0.05) is 37.3 Å². The first kappa shape index (κ1) is 24.5. The number of nitrogens with zero attached hydrogens (tertiary/aromatic N) is 4. The van der Waals surface area contributed by atoms with Crippen LogP contribution in [0.5, 0.6) is 17.6 Å². The molecule has 3 heterocycles. The molecule has 0 aliphatic carbocycles. The summed E-state index contributed by atoms with van der Waals surface area (Å²) in [6.07, 6.45) is 1.67. The number of ether oxygens (including phenoxy) is 3. The lowest BCUT2D eigenvalue weighted by atomic mass is 10.1. The van der Waals surface area contributed by atoms with Crippen molar-refractivity contribution in [1.29, 1.82) is 0 Å². The van der Waals surface area contributed by atoms with Gasteiger partial charge in [0.1, 0.15) is 11.6 Å². The maximum Gasteiger partial charge on any atom is 0.325 e. The number of anilines is 3. The molecule has 11 heteroatoms. The van der Waals surface area contributed by atoms with Gasteiger partial charge in [0.25, 0.3) is 0 Å². The van der Waals surface area contributed by atoms with E-state index in [2.05, 4.69) is 44.3 Å². The molecule has 2 N–H and O–H groups in total. The predicted octanol–water partition coefficient (Wildman–Crippen LogP) is 4.58. The van der Waals surface area contributed by atoms with E-state index >= 15 is 0 Å². The second-order valence-corrected chi connectivity index (χ2v) is 9.51. The second-order valence-electron chi connectivity index (χ2n) is 8.42. The summed E-state index contributed by atoms with van der Waals surface area (Å²) < 4.78 is 16.3. The number of methoxy groups -OCH3 is 2. The predicted molar refractivity (Wildman–Crippen MR) is 136 cm³/mol. The number of amides is 2. The van der Waals surface area contributed by atoms with Crippen LogP contribution in [-0.4, -0.2) is 48.4 Å². The van der Waals surface area contributed by atoms with Crippen LogP contribution in [-0.2, 0) is 13.0 Å². The van der Waals surface area contributed by atoms with Crippen LogP contribution in [0.15, 0.2) is 30.3 Å². The first-order valence-corrected chi connectivity index (χ1v) is 12.3. The van der Waals surface area contributed by atoms with Gasteiger partial charge in [0.15, 0.2) is 5.13 Å². The van der Waals surface area contributed by atoms with Crippen LogP contribution in [0.3, 0.4) is 0 Å². The van der Waals surface area contributed by atoms with E-state index < -0.39 is 0 Å². The van der Waals surface area contributed by atoms with Gasteiger partial charge in [-0.25, -0.2) is 9.78 Å². The number of fused-ring (bicyclic) bond motifs is 1. The Hall–Kier alpha value is -3.60. The molecule has 10 nitrogen and oxygen atoms in total. The maximum atomic E-state index is 12.7. The van der Waals surface area contributed by atoms with Crippen molar-refractivity contribution in [1.82, 2.24) is 15.0 Å². The minimum absolute atomic E-state index is 0.252. The van der Waals surface area contributed by atoms with Crippen molar-refractivity contribution in [3.63, 3.8) is 0 Å². The van der Waals surface area contributed by atoms with Crippen LogP contribution in [0.25, 0.3) is 0 Å². The molecule has 35 heavy (non-hydrogen) atoms. The lowest BCUT2D eigenvalue weighted by molar-refractivity contribution is 0.261. The minimum atomic E-state index is -0.363. The molecule has 1 aromatic carbocycles. The molecule has 0 atom stereocenters. The Kier molecular flexibility index (Phi) is 7.86. The molecule has 2 amide bonds. The van der Waals surface area contributed by atoms with E-state index in [1.165, 1.54) is 18.4 Å². The Bertz CT molecular complexity index is 1150. The van der Waals surface area contributed by atoms with E-state index in [0.717, 1.165) is 30.0 Å². The lowest BCUT2D eigenvalue weighted by Gasteiger charge is -2.27. The van der Waals surface area contributed by atoms with E-state index in [1.54, 1.807) is 13.2 Å². The van der Waals surface area contributed by atoms with Crippen molar-refractivity contribution in [3.8, 4) is 17.6 Å². The molecule has 1 aliphatic rings. The van der Waals surface area contributed by atoms with Crippen LogP contribution in [0.1, 0.15) is 30.8 Å². The summed E-state index contributed by atoms with van der Waals surface area (Å²) in [6, 6.07) is 9.08. The van der Waals surface area contributed by atoms with Gasteiger partial charge in [-0.2, -0.15) is 9.97 Å². The Labute approximate surface area is 208 Å². The monoisotopic (exact) mass is 498 g/mol. The summed E-state index contributed by atoms with van der Waals surface area (Å²) in [5.74, 6) is 2.35. The quantitative estimate of drug-likeness (QED) is 0.441. The zero-order chi connectivity index (χ0) is 24.8. The third-order valence-corrected chi connectivity index (χ3v) is 6.42. The third-order valence-electron chi connectivity index (χ3n) is 5.42. The van der Waals surface area contributed by atoms with Gasteiger partial charge in [-0.15, -0.1) is 0 Å². The van der Waals surface area contributed by atoms with Crippen molar-refractivity contribution in [3.05, 3.63) is 40.9 Å². The van der Waals surface area contributed by atoms with Gasteiger partial charge in [0, 0.05) is 23.9 Å². The second kappa shape index (κ2) is 11.2. The molecule has 3 aromatic rings. The van der Waals surface area contributed by atoms with Crippen molar-refractivity contribution in [2.45, 2.75) is 33.2 Å². The van der Waals surface area contributed by atoms with E-state index in [1.807, 2.05) is 24.3 Å². The Balaban J connectivity index is 1.40. The van der Waals surface area contributed by atoms with Gasteiger partial charge in [0.2, 0.25) is 5.88 Å². The number of aromatic nitrogens is 3. The average Bonchev–Trinajstić information content (AvgIpc) is 3.25. The number of carbonyl (C=O) groups excluding carboxylic acids is 1. The number of rotatable bonds is 9. The van der Waals surface area contributed by atoms with Crippen molar-refractivity contribution >= 4 is 34.0 Å².